The number of ether oxygens (including phenoxy) is 2. The maximum absolute atomic E-state index is 11.4. The summed E-state index contributed by atoms with van der Waals surface area (Å²) in [6.45, 7) is 11.5. The van der Waals surface area contributed by atoms with E-state index in [0.717, 1.165) is 17.6 Å². The molecule has 0 bridgehead atoms. The highest BCUT2D eigenvalue weighted by atomic mass is 16.7. The molecule has 3 atom stereocenters. The zero-order chi connectivity index (χ0) is 21.2. The van der Waals surface area contributed by atoms with E-state index in [0.29, 0.717) is 30.8 Å². The van der Waals surface area contributed by atoms with Gasteiger partial charge in [-0.15, -0.1) is 0 Å². The Morgan fingerprint density at radius 2 is 1.52 bits per heavy atom. The van der Waals surface area contributed by atoms with Crippen molar-refractivity contribution in [2.24, 2.45) is 11.8 Å². The third-order valence-electron chi connectivity index (χ3n) is 5.31. The molecule has 0 amide bonds. The number of carbonyl (C=O) groups excluding carboxylic acids is 1. The fourth-order valence-corrected chi connectivity index (χ4v) is 3.69. The Hall–Kier alpha value is -2.13. The van der Waals surface area contributed by atoms with Crippen LogP contribution in [-0.4, -0.2) is 19.2 Å². The molecule has 2 rings (SSSR count). The monoisotopic (exact) mass is 396 g/mol. The van der Waals surface area contributed by atoms with Crippen LogP contribution in [0.25, 0.3) is 0 Å². The van der Waals surface area contributed by atoms with Crippen LogP contribution in [0.5, 0.6) is 5.75 Å². The Kier molecular flexibility index (Phi) is 9.40. The van der Waals surface area contributed by atoms with Crippen LogP contribution in [0, 0.1) is 11.8 Å². The van der Waals surface area contributed by atoms with Crippen molar-refractivity contribution in [2.75, 3.05) is 6.61 Å². The molecule has 0 aromatic heterocycles. The van der Waals surface area contributed by atoms with Gasteiger partial charge in [-0.2, -0.15) is 0 Å². The minimum Gasteiger partial charge on any atom is -0.465 e. The highest BCUT2D eigenvalue weighted by Gasteiger charge is 2.17. The van der Waals surface area contributed by atoms with Gasteiger partial charge in [-0.05, 0) is 60.8 Å². The molecule has 0 heterocycles. The van der Waals surface area contributed by atoms with E-state index >= 15 is 0 Å². The molecule has 3 unspecified atom stereocenters. The van der Waals surface area contributed by atoms with E-state index in [1.54, 1.807) is 0 Å². The van der Waals surface area contributed by atoms with Crippen LogP contribution in [0.2, 0.25) is 0 Å². The van der Waals surface area contributed by atoms with Gasteiger partial charge in [0.1, 0.15) is 12.0 Å². The number of carbonyl (C=O) groups is 1. The van der Waals surface area contributed by atoms with Crippen molar-refractivity contribution in [3.63, 3.8) is 0 Å². The van der Waals surface area contributed by atoms with Gasteiger partial charge in [0.15, 0.2) is 6.29 Å². The van der Waals surface area contributed by atoms with Crippen molar-refractivity contribution in [2.45, 2.75) is 65.6 Å². The lowest BCUT2D eigenvalue weighted by atomic mass is 9.82. The van der Waals surface area contributed by atoms with E-state index in [2.05, 4.69) is 39.8 Å². The van der Waals surface area contributed by atoms with Gasteiger partial charge in [-0.25, -0.2) is 0 Å². The molecule has 0 spiro atoms. The van der Waals surface area contributed by atoms with E-state index in [4.69, 9.17) is 9.47 Å². The molecule has 0 saturated heterocycles. The second-order valence-electron chi connectivity index (χ2n) is 8.55. The Morgan fingerprint density at radius 3 is 2.07 bits per heavy atom. The zero-order valence-corrected chi connectivity index (χ0v) is 18.5. The lowest BCUT2D eigenvalue weighted by Gasteiger charge is -2.24. The number of rotatable bonds is 12. The molecule has 3 nitrogen and oxygen atoms in total. The molecule has 2 aromatic rings. The van der Waals surface area contributed by atoms with Crippen molar-refractivity contribution in [3.05, 3.63) is 65.7 Å². The van der Waals surface area contributed by atoms with Crippen LogP contribution in [0.15, 0.2) is 54.6 Å². The van der Waals surface area contributed by atoms with Crippen molar-refractivity contribution < 1.29 is 14.3 Å². The smallest absolute Gasteiger partial charge is 0.196 e. The Labute approximate surface area is 176 Å². The Morgan fingerprint density at radius 1 is 0.862 bits per heavy atom. The summed E-state index contributed by atoms with van der Waals surface area (Å²) in [7, 11) is 0. The number of hydrogen-bond acceptors (Lipinski definition) is 3. The van der Waals surface area contributed by atoms with Gasteiger partial charge in [-0.3, -0.25) is 0 Å². The predicted molar refractivity (Wildman–Crippen MR) is 119 cm³/mol. The third-order valence-corrected chi connectivity index (χ3v) is 5.31. The number of benzene rings is 2. The second-order valence-corrected chi connectivity index (χ2v) is 8.55. The van der Waals surface area contributed by atoms with E-state index < -0.39 is 0 Å². The normalized spacial score (nSPS) is 14.6. The van der Waals surface area contributed by atoms with Crippen molar-refractivity contribution in [3.8, 4) is 5.75 Å². The Bertz CT molecular complexity index is 706. The third kappa shape index (κ3) is 7.66. The Balaban J connectivity index is 1.84. The van der Waals surface area contributed by atoms with Gasteiger partial charge in [0, 0.05) is 5.92 Å². The minimum atomic E-state index is -0.361. The summed E-state index contributed by atoms with van der Waals surface area (Å²) in [6.07, 6.45) is 2.47. The van der Waals surface area contributed by atoms with Gasteiger partial charge in [-0.1, -0.05) is 70.2 Å². The fourth-order valence-electron chi connectivity index (χ4n) is 3.69. The van der Waals surface area contributed by atoms with Crippen LogP contribution in [0.1, 0.15) is 70.4 Å². The molecular formula is C26H36O3. The average molecular weight is 397 g/mol. The van der Waals surface area contributed by atoms with E-state index in [9.17, 15) is 4.79 Å². The fraction of sp³-hybridized carbons (Fsp3) is 0.500. The summed E-state index contributed by atoms with van der Waals surface area (Å²) in [5.74, 6) is 2.52. The first-order valence-corrected chi connectivity index (χ1v) is 10.8. The lowest BCUT2D eigenvalue weighted by molar-refractivity contribution is -0.110. The highest BCUT2D eigenvalue weighted by molar-refractivity contribution is 5.61. The van der Waals surface area contributed by atoms with Gasteiger partial charge in [0.05, 0.1) is 6.61 Å². The second kappa shape index (κ2) is 11.8. The SMILES string of the molecule is CC(C)CC(c1ccc(OC(C)OCCC(C=O)c2ccccc2)cc1)C(C)C. The predicted octanol–water partition coefficient (Wildman–Crippen LogP) is 6.59. The first kappa shape index (κ1) is 23.2. The van der Waals surface area contributed by atoms with Gasteiger partial charge < -0.3 is 14.3 Å². The maximum Gasteiger partial charge on any atom is 0.196 e. The van der Waals surface area contributed by atoms with E-state index in [1.165, 1.54) is 12.0 Å². The summed E-state index contributed by atoms with van der Waals surface area (Å²) >= 11 is 0. The topological polar surface area (TPSA) is 35.5 Å². The largest absolute Gasteiger partial charge is 0.465 e. The van der Waals surface area contributed by atoms with Crippen molar-refractivity contribution in [1.29, 1.82) is 0 Å². The molecule has 0 aliphatic carbocycles. The zero-order valence-electron chi connectivity index (χ0n) is 18.5. The molecule has 3 heteroatoms. The molecular weight excluding hydrogens is 360 g/mol. The molecule has 0 fully saturated rings. The van der Waals surface area contributed by atoms with E-state index in [1.807, 2.05) is 49.4 Å². The summed E-state index contributed by atoms with van der Waals surface area (Å²) in [5.41, 5.74) is 2.39. The van der Waals surface area contributed by atoms with Gasteiger partial charge >= 0.3 is 0 Å². The summed E-state index contributed by atoms with van der Waals surface area (Å²) in [4.78, 5) is 11.4. The summed E-state index contributed by atoms with van der Waals surface area (Å²) in [5, 5.41) is 0. The first-order chi connectivity index (χ1) is 13.9. The number of hydrogen-bond donors (Lipinski definition) is 0. The molecule has 0 aliphatic rings. The van der Waals surface area contributed by atoms with Gasteiger partial charge in [0.25, 0.3) is 0 Å². The quantitative estimate of drug-likeness (QED) is 0.300. The van der Waals surface area contributed by atoms with Crippen LogP contribution in [0.3, 0.4) is 0 Å². The van der Waals surface area contributed by atoms with Crippen molar-refractivity contribution in [1.82, 2.24) is 0 Å². The number of aldehydes is 1. The molecule has 0 saturated carbocycles. The van der Waals surface area contributed by atoms with Gasteiger partial charge in [0.2, 0.25) is 0 Å². The van der Waals surface area contributed by atoms with Crippen LogP contribution < -0.4 is 4.74 Å². The van der Waals surface area contributed by atoms with Crippen LogP contribution in [-0.2, 0) is 9.53 Å². The summed E-state index contributed by atoms with van der Waals surface area (Å²) in [6, 6.07) is 18.2. The molecule has 0 radical (unpaired) electrons. The molecule has 0 N–H and O–H groups in total. The summed E-state index contributed by atoms with van der Waals surface area (Å²) < 4.78 is 11.7. The lowest BCUT2D eigenvalue weighted by Crippen LogP contribution is -2.18. The molecule has 158 valence electrons. The average Bonchev–Trinajstić information content (AvgIpc) is 2.70. The molecule has 0 aliphatic heterocycles. The maximum atomic E-state index is 11.4. The highest BCUT2D eigenvalue weighted by Crippen LogP contribution is 2.32. The first-order valence-electron chi connectivity index (χ1n) is 10.8. The standard InChI is InChI=1S/C26H36O3/c1-19(2)17-26(20(3)4)23-11-13-25(14-12-23)29-21(5)28-16-15-24(18-27)22-9-7-6-8-10-22/h6-14,18-21,24,26H,15-17H2,1-5H3. The minimum absolute atomic E-state index is 0.142. The van der Waals surface area contributed by atoms with Crippen LogP contribution >= 0.6 is 0 Å². The molecule has 2 aromatic carbocycles. The van der Waals surface area contributed by atoms with Crippen molar-refractivity contribution >= 4 is 6.29 Å². The van der Waals surface area contributed by atoms with E-state index in [-0.39, 0.29) is 12.2 Å². The van der Waals surface area contributed by atoms with Crippen LogP contribution in [0.4, 0.5) is 0 Å². The molecule has 29 heavy (non-hydrogen) atoms.